The maximum absolute atomic E-state index is 12.6. The number of amides is 1. The second-order valence-corrected chi connectivity index (χ2v) is 7.92. The predicted octanol–water partition coefficient (Wildman–Crippen LogP) is 2.35. The van der Waals surface area contributed by atoms with Gasteiger partial charge in [0.05, 0.1) is 11.4 Å². The molecule has 0 aromatic heterocycles. The lowest BCUT2D eigenvalue weighted by molar-refractivity contribution is -0.130. The average Bonchev–Trinajstić information content (AvgIpc) is 2.46. The van der Waals surface area contributed by atoms with Crippen LogP contribution in [0.2, 0.25) is 0 Å². The minimum Gasteiger partial charge on any atom is -0.338 e. The summed E-state index contributed by atoms with van der Waals surface area (Å²) in [6, 6.07) is 4.98. The number of carbonyl (C=O) groups excluding carboxylic acids is 1. The number of aryl methyl sites for hydroxylation is 2. The number of carbonyl (C=O) groups is 1. The van der Waals surface area contributed by atoms with Crippen LogP contribution in [-0.2, 0) is 14.8 Å². The molecule has 0 heterocycles. The molecule has 0 N–H and O–H groups in total. The van der Waals surface area contributed by atoms with Gasteiger partial charge in [-0.25, -0.2) is 8.42 Å². The molecule has 5 nitrogen and oxygen atoms in total. The molecule has 0 bridgehead atoms. The number of sulfonamides is 1. The van der Waals surface area contributed by atoms with Crippen molar-refractivity contribution < 1.29 is 13.2 Å². The number of rotatable bonds is 7. The zero-order valence-electron chi connectivity index (χ0n) is 14.6. The number of hydrogen-bond acceptors (Lipinski definition) is 3. The molecule has 0 fully saturated rings. The highest BCUT2D eigenvalue weighted by Crippen LogP contribution is 2.18. The molecule has 0 aliphatic rings. The summed E-state index contributed by atoms with van der Waals surface area (Å²) >= 11 is 0. The van der Waals surface area contributed by atoms with Crippen molar-refractivity contribution in [1.29, 1.82) is 0 Å². The van der Waals surface area contributed by atoms with Crippen molar-refractivity contribution in [1.82, 2.24) is 9.21 Å². The SMILES string of the molecule is C=C(C)CN(CC)C(=O)CN(C)S(=O)(=O)c1ccc(C)c(C)c1. The molecule has 128 valence electrons. The standard InChI is InChI=1S/C17H26N2O3S/c1-7-19(11-13(2)3)17(20)12-18(6)23(21,22)16-9-8-14(4)15(5)10-16/h8-10H,2,7,11-12H2,1,3-6H3. The van der Waals surface area contributed by atoms with Gasteiger partial charge in [-0.05, 0) is 51.0 Å². The lowest BCUT2D eigenvalue weighted by Gasteiger charge is -2.24. The van der Waals surface area contributed by atoms with Crippen molar-refractivity contribution in [3.05, 3.63) is 41.5 Å². The summed E-state index contributed by atoms with van der Waals surface area (Å²) < 4.78 is 26.3. The number of hydrogen-bond donors (Lipinski definition) is 0. The zero-order valence-corrected chi connectivity index (χ0v) is 15.4. The van der Waals surface area contributed by atoms with Crippen LogP contribution in [0.4, 0.5) is 0 Å². The van der Waals surface area contributed by atoms with Crippen molar-refractivity contribution in [2.45, 2.75) is 32.6 Å². The van der Waals surface area contributed by atoms with Gasteiger partial charge in [-0.3, -0.25) is 4.79 Å². The summed E-state index contributed by atoms with van der Waals surface area (Å²) in [5, 5.41) is 0. The molecular weight excluding hydrogens is 312 g/mol. The smallest absolute Gasteiger partial charge is 0.243 e. The molecule has 0 unspecified atom stereocenters. The van der Waals surface area contributed by atoms with Crippen LogP contribution in [0.5, 0.6) is 0 Å². The van der Waals surface area contributed by atoms with E-state index in [2.05, 4.69) is 6.58 Å². The molecule has 0 saturated heterocycles. The molecule has 1 rings (SSSR count). The van der Waals surface area contributed by atoms with E-state index in [9.17, 15) is 13.2 Å². The van der Waals surface area contributed by atoms with Crippen molar-refractivity contribution in [3.63, 3.8) is 0 Å². The van der Waals surface area contributed by atoms with Crippen LogP contribution < -0.4 is 0 Å². The Kier molecular flexibility index (Phi) is 6.53. The maximum atomic E-state index is 12.6. The quantitative estimate of drug-likeness (QED) is 0.717. The van der Waals surface area contributed by atoms with Crippen LogP contribution in [0.25, 0.3) is 0 Å². The maximum Gasteiger partial charge on any atom is 0.243 e. The second kappa shape index (κ2) is 7.75. The van der Waals surface area contributed by atoms with Gasteiger partial charge in [-0.2, -0.15) is 4.31 Å². The summed E-state index contributed by atoms with van der Waals surface area (Å²) in [6.45, 7) is 12.1. The summed E-state index contributed by atoms with van der Waals surface area (Å²) in [6.07, 6.45) is 0. The molecule has 0 spiro atoms. The third-order valence-electron chi connectivity index (χ3n) is 3.74. The Bertz CT molecular complexity index is 696. The molecule has 0 aliphatic heterocycles. The van der Waals surface area contributed by atoms with E-state index >= 15 is 0 Å². The van der Waals surface area contributed by atoms with Crippen molar-refractivity contribution in [2.24, 2.45) is 0 Å². The number of likely N-dealkylation sites (N-methyl/N-ethyl adjacent to an activating group) is 2. The van der Waals surface area contributed by atoms with Gasteiger partial charge in [-0.1, -0.05) is 18.2 Å². The Balaban J connectivity index is 2.94. The van der Waals surface area contributed by atoms with E-state index in [4.69, 9.17) is 0 Å². The Labute approximate surface area is 139 Å². The number of nitrogens with zero attached hydrogens (tertiary/aromatic N) is 2. The summed E-state index contributed by atoms with van der Waals surface area (Å²) in [5.41, 5.74) is 2.80. The van der Waals surface area contributed by atoms with Crippen molar-refractivity contribution >= 4 is 15.9 Å². The lowest BCUT2D eigenvalue weighted by Crippen LogP contribution is -2.41. The minimum atomic E-state index is -3.68. The Morgan fingerprint density at radius 1 is 1.17 bits per heavy atom. The zero-order chi connectivity index (χ0) is 17.8. The first-order valence-electron chi connectivity index (χ1n) is 7.55. The fourth-order valence-electron chi connectivity index (χ4n) is 2.13. The predicted molar refractivity (Wildman–Crippen MR) is 92.8 cm³/mol. The van der Waals surface area contributed by atoms with Gasteiger partial charge < -0.3 is 4.90 Å². The molecule has 6 heteroatoms. The van der Waals surface area contributed by atoms with Gasteiger partial charge in [-0.15, -0.1) is 0 Å². The third kappa shape index (κ3) is 4.91. The summed E-state index contributed by atoms with van der Waals surface area (Å²) in [7, 11) is -2.25. The molecule has 1 aromatic rings. The lowest BCUT2D eigenvalue weighted by atomic mass is 10.1. The van der Waals surface area contributed by atoms with Crippen LogP contribution >= 0.6 is 0 Å². The largest absolute Gasteiger partial charge is 0.338 e. The van der Waals surface area contributed by atoms with E-state index < -0.39 is 10.0 Å². The monoisotopic (exact) mass is 338 g/mol. The van der Waals surface area contributed by atoms with E-state index in [1.165, 1.54) is 7.05 Å². The van der Waals surface area contributed by atoms with E-state index in [1.807, 2.05) is 27.7 Å². The first-order valence-corrected chi connectivity index (χ1v) is 8.99. The van der Waals surface area contributed by atoms with Crippen LogP contribution in [0, 0.1) is 13.8 Å². The summed E-state index contributed by atoms with van der Waals surface area (Å²) in [4.78, 5) is 14.1. The Hall–Kier alpha value is -1.66. The van der Waals surface area contributed by atoms with E-state index in [1.54, 1.807) is 23.1 Å². The van der Waals surface area contributed by atoms with Gasteiger partial charge in [0.1, 0.15) is 0 Å². The minimum absolute atomic E-state index is 0.184. The van der Waals surface area contributed by atoms with E-state index in [0.29, 0.717) is 13.1 Å². The normalized spacial score (nSPS) is 11.6. The molecule has 0 radical (unpaired) electrons. The van der Waals surface area contributed by atoms with Gasteiger partial charge in [0.25, 0.3) is 0 Å². The van der Waals surface area contributed by atoms with Gasteiger partial charge in [0, 0.05) is 20.1 Å². The molecule has 1 amide bonds. The number of benzene rings is 1. The van der Waals surface area contributed by atoms with Crippen molar-refractivity contribution in [3.8, 4) is 0 Å². The summed E-state index contributed by atoms with van der Waals surface area (Å²) in [5.74, 6) is -0.231. The van der Waals surface area contributed by atoms with E-state index in [-0.39, 0.29) is 17.3 Å². The Morgan fingerprint density at radius 3 is 2.26 bits per heavy atom. The van der Waals surface area contributed by atoms with E-state index in [0.717, 1.165) is 21.0 Å². The molecule has 1 aromatic carbocycles. The highest BCUT2D eigenvalue weighted by molar-refractivity contribution is 7.89. The topological polar surface area (TPSA) is 57.7 Å². The second-order valence-electron chi connectivity index (χ2n) is 5.87. The first-order chi connectivity index (χ1) is 10.6. The first kappa shape index (κ1) is 19.4. The fraction of sp³-hybridized carbons (Fsp3) is 0.471. The van der Waals surface area contributed by atoms with Crippen LogP contribution in [0.15, 0.2) is 35.2 Å². The molecule has 23 heavy (non-hydrogen) atoms. The molecular formula is C17H26N2O3S. The van der Waals surface area contributed by atoms with Crippen LogP contribution in [0.3, 0.4) is 0 Å². The van der Waals surface area contributed by atoms with Crippen LogP contribution in [-0.4, -0.2) is 50.2 Å². The fourth-order valence-corrected chi connectivity index (χ4v) is 3.34. The van der Waals surface area contributed by atoms with Gasteiger partial charge in [0.15, 0.2) is 0 Å². The van der Waals surface area contributed by atoms with Gasteiger partial charge >= 0.3 is 0 Å². The highest BCUT2D eigenvalue weighted by atomic mass is 32.2. The molecule has 0 atom stereocenters. The van der Waals surface area contributed by atoms with Crippen molar-refractivity contribution in [2.75, 3.05) is 26.7 Å². The van der Waals surface area contributed by atoms with Gasteiger partial charge in [0.2, 0.25) is 15.9 Å². The molecule has 0 aliphatic carbocycles. The Morgan fingerprint density at radius 2 is 1.78 bits per heavy atom. The highest BCUT2D eigenvalue weighted by Gasteiger charge is 2.25. The average molecular weight is 338 g/mol. The van der Waals surface area contributed by atoms with Crippen LogP contribution in [0.1, 0.15) is 25.0 Å². The third-order valence-corrected chi connectivity index (χ3v) is 5.54. The molecule has 0 saturated carbocycles.